The predicted octanol–water partition coefficient (Wildman–Crippen LogP) is 4.08. The number of carbonyl (C=O) groups excluding carboxylic acids is 2. The van der Waals surface area contributed by atoms with Gasteiger partial charge in [-0.1, -0.05) is 18.2 Å². The zero-order chi connectivity index (χ0) is 19.1. The lowest BCUT2D eigenvalue weighted by atomic mass is 9.78. The van der Waals surface area contributed by atoms with Crippen molar-refractivity contribution in [1.82, 2.24) is 0 Å². The number of carbonyl (C=O) groups is 2. The fourth-order valence-electron chi connectivity index (χ4n) is 3.11. The highest BCUT2D eigenvalue weighted by Gasteiger charge is 2.44. The Morgan fingerprint density at radius 1 is 1.15 bits per heavy atom. The van der Waals surface area contributed by atoms with E-state index < -0.39 is 23.1 Å². The summed E-state index contributed by atoms with van der Waals surface area (Å²) in [6.45, 7) is 2.99. The maximum absolute atomic E-state index is 12.9. The van der Waals surface area contributed by atoms with Crippen molar-refractivity contribution in [3.63, 3.8) is 0 Å². The van der Waals surface area contributed by atoms with Gasteiger partial charge in [0.1, 0.15) is 5.75 Å². The molecule has 1 heterocycles. The monoisotopic (exact) mass is 363 g/mol. The summed E-state index contributed by atoms with van der Waals surface area (Å²) < 4.78 is 43.6. The lowest BCUT2D eigenvalue weighted by Gasteiger charge is -2.22. The maximum atomic E-state index is 12.9. The van der Waals surface area contributed by atoms with Gasteiger partial charge in [-0.25, -0.2) is 0 Å². The first-order valence-corrected chi connectivity index (χ1v) is 7.90. The van der Waals surface area contributed by atoms with Crippen molar-refractivity contribution in [1.29, 1.82) is 0 Å². The van der Waals surface area contributed by atoms with E-state index in [0.29, 0.717) is 17.7 Å². The van der Waals surface area contributed by atoms with Crippen molar-refractivity contribution >= 4 is 17.6 Å². The molecule has 1 unspecified atom stereocenters. The van der Waals surface area contributed by atoms with Crippen LogP contribution < -0.4 is 10.1 Å². The van der Waals surface area contributed by atoms with E-state index in [0.717, 1.165) is 17.7 Å². The number of halogens is 3. The summed E-state index contributed by atoms with van der Waals surface area (Å²) in [4.78, 5) is 23.4. The zero-order valence-corrected chi connectivity index (χ0v) is 14.1. The average molecular weight is 363 g/mol. The third-order valence-electron chi connectivity index (χ3n) is 4.43. The predicted molar refractivity (Wildman–Crippen MR) is 88.9 cm³/mol. The Balaban J connectivity index is 1.89. The molecule has 0 fully saturated rings. The molecule has 1 aliphatic rings. The largest absolute Gasteiger partial charge is 0.427 e. The lowest BCUT2D eigenvalue weighted by molar-refractivity contribution is -0.137. The molecule has 0 spiro atoms. The SMILES string of the molecule is CC(=O)Oc1ccc(CC2(C)C(=O)Nc3cc(C(F)(F)F)ccc32)cc1. The number of ether oxygens (including phenoxy) is 1. The van der Waals surface area contributed by atoms with Crippen molar-refractivity contribution in [2.75, 3.05) is 5.32 Å². The molecular weight excluding hydrogens is 347 g/mol. The minimum Gasteiger partial charge on any atom is -0.427 e. The third-order valence-corrected chi connectivity index (χ3v) is 4.43. The van der Waals surface area contributed by atoms with E-state index >= 15 is 0 Å². The number of esters is 1. The van der Waals surface area contributed by atoms with Crippen LogP contribution in [-0.2, 0) is 27.6 Å². The van der Waals surface area contributed by atoms with Gasteiger partial charge in [0.25, 0.3) is 0 Å². The molecule has 4 nitrogen and oxygen atoms in total. The zero-order valence-electron chi connectivity index (χ0n) is 14.1. The molecule has 0 aliphatic carbocycles. The number of nitrogens with one attached hydrogen (secondary N) is 1. The second-order valence-corrected chi connectivity index (χ2v) is 6.46. The van der Waals surface area contributed by atoms with Gasteiger partial charge in [-0.2, -0.15) is 13.2 Å². The molecule has 0 saturated carbocycles. The average Bonchev–Trinajstić information content (AvgIpc) is 2.78. The number of alkyl halides is 3. The molecule has 2 aromatic carbocycles. The van der Waals surface area contributed by atoms with Gasteiger partial charge in [0.2, 0.25) is 5.91 Å². The van der Waals surface area contributed by atoms with E-state index in [4.69, 9.17) is 4.74 Å². The van der Waals surface area contributed by atoms with Crippen LogP contribution in [0.5, 0.6) is 5.75 Å². The van der Waals surface area contributed by atoms with Crippen molar-refractivity contribution < 1.29 is 27.5 Å². The summed E-state index contributed by atoms with van der Waals surface area (Å²) in [5.41, 5.74) is -0.274. The molecule has 1 N–H and O–H groups in total. The highest BCUT2D eigenvalue weighted by molar-refractivity contribution is 6.06. The van der Waals surface area contributed by atoms with Gasteiger partial charge in [-0.3, -0.25) is 9.59 Å². The number of anilines is 1. The minimum atomic E-state index is -4.47. The molecule has 136 valence electrons. The highest BCUT2D eigenvalue weighted by atomic mass is 19.4. The molecule has 7 heteroatoms. The van der Waals surface area contributed by atoms with Crippen LogP contribution in [0.2, 0.25) is 0 Å². The fourth-order valence-corrected chi connectivity index (χ4v) is 3.11. The molecule has 2 aromatic rings. The van der Waals surface area contributed by atoms with Gasteiger partial charge in [0, 0.05) is 12.6 Å². The van der Waals surface area contributed by atoms with Crippen molar-refractivity contribution in [2.45, 2.75) is 31.9 Å². The van der Waals surface area contributed by atoms with Gasteiger partial charge in [-0.15, -0.1) is 0 Å². The van der Waals surface area contributed by atoms with Gasteiger partial charge >= 0.3 is 12.1 Å². The highest BCUT2D eigenvalue weighted by Crippen LogP contribution is 2.42. The molecular formula is C19H16F3NO3. The number of hydrogen-bond donors (Lipinski definition) is 1. The number of fused-ring (bicyclic) bond motifs is 1. The van der Waals surface area contributed by atoms with Gasteiger partial charge in [0.05, 0.1) is 11.0 Å². The Bertz CT molecular complexity index is 875. The van der Waals surface area contributed by atoms with Crippen molar-refractivity contribution in [3.05, 3.63) is 59.2 Å². The van der Waals surface area contributed by atoms with Crippen LogP contribution in [0.3, 0.4) is 0 Å². The summed E-state index contributed by atoms with van der Waals surface area (Å²) >= 11 is 0. The Kier molecular flexibility index (Phi) is 4.26. The normalized spacial score (nSPS) is 19.0. The van der Waals surface area contributed by atoms with Crippen LogP contribution in [0.15, 0.2) is 42.5 Å². The molecule has 0 saturated heterocycles. The summed E-state index contributed by atoms with van der Waals surface area (Å²) in [6, 6.07) is 9.96. The van der Waals surface area contributed by atoms with Crippen LogP contribution in [0, 0.1) is 0 Å². The van der Waals surface area contributed by atoms with Crippen LogP contribution in [-0.4, -0.2) is 11.9 Å². The van der Waals surface area contributed by atoms with E-state index in [9.17, 15) is 22.8 Å². The molecule has 26 heavy (non-hydrogen) atoms. The molecule has 3 rings (SSSR count). The Hall–Kier alpha value is -2.83. The van der Waals surface area contributed by atoms with Crippen LogP contribution in [0.4, 0.5) is 18.9 Å². The summed E-state index contributed by atoms with van der Waals surface area (Å²) in [5.74, 6) is -0.400. The van der Waals surface area contributed by atoms with Crippen LogP contribution >= 0.6 is 0 Å². The number of rotatable bonds is 3. The van der Waals surface area contributed by atoms with Gasteiger partial charge in [-0.05, 0) is 48.7 Å². The quantitative estimate of drug-likeness (QED) is 0.660. The Labute approximate surface area is 148 Å². The summed E-state index contributed by atoms with van der Waals surface area (Å²) in [7, 11) is 0. The fraction of sp³-hybridized carbons (Fsp3) is 0.263. The molecule has 1 amide bonds. The Morgan fingerprint density at radius 2 is 1.81 bits per heavy atom. The molecule has 1 aliphatic heterocycles. The summed E-state index contributed by atoms with van der Waals surface area (Å²) in [6.07, 6.45) is -4.16. The summed E-state index contributed by atoms with van der Waals surface area (Å²) in [5, 5.41) is 2.55. The first-order chi connectivity index (χ1) is 12.1. The van der Waals surface area contributed by atoms with E-state index in [-0.39, 0.29) is 11.6 Å². The first-order valence-electron chi connectivity index (χ1n) is 7.90. The number of benzene rings is 2. The van der Waals surface area contributed by atoms with Crippen molar-refractivity contribution in [3.8, 4) is 5.75 Å². The second-order valence-electron chi connectivity index (χ2n) is 6.46. The van der Waals surface area contributed by atoms with E-state index in [1.54, 1.807) is 31.2 Å². The topological polar surface area (TPSA) is 55.4 Å². The molecule has 0 radical (unpaired) electrons. The van der Waals surface area contributed by atoms with E-state index in [2.05, 4.69) is 5.32 Å². The molecule has 0 bridgehead atoms. The molecule has 0 aromatic heterocycles. The first kappa shape index (κ1) is 18.0. The smallest absolute Gasteiger partial charge is 0.416 e. The minimum absolute atomic E-state index is 0.184. The van der Waals surface area contributed by atoms with Gasteiger partial charge < -0.3 is 10.1 Å². The number of amides is 1. The van der Waals surface area contributed by atoms with Crippen LogP contribution in [0.1, 0.15) is 30.5 Å². The van der Waals surface area contributed by atoms with Gasteiger partial charge in [0.15, 0.2) is 0 Å². The van der Waals surface area contributed by atoms with Crippen molar-refractivity contribution in [2.24, 2.45) is 0 Å². The lowest BCUT2D eigenvalue weighted by Crippen LogP contribution is -2.33. The molecule has 1 atom stereocenters. The third kappa shape index (κ3) is 3.29. The maximum Gasteiger partial charge on any atom is 0.416 e. The van der Waals surface area contributed by atoms with Crippen LogP contribution in [0.25, 0.3) is 0 Å². The Morgan fingerprint density at radius 3 is 2.38 bits per heavy atom. The van der Waals surface area contributed by atoms with E-state index in [1.165, 1.54) is 13.0 Å². The second kappa shape index (κ2) is 6.16. The van der Waals surface area contributed by atoms with E-state index in [1.807, 2.05) is 0 Å². The number of hydrogen-bond acceptors (Lipinski definition) is 3. The standard InChI is InChI=1S/C19H16F3NO3/c1-11(24)26-14-6-3-12(4-7-14)10-18(2)15-8-5-13(19(20,21)22)9-16(15)23-17(18)25/h3-9H,10H2,1-2H3,(H,23,25).